The summed E-state index contributed by atoms with van der Waals surface area (Å²) in [6, 6.07) is 10.5. The Kier molecular flexibility index (Phi) is 3.38. The minimum absolute atomic E-state index is 0.319. The summed E-state index contributed by atoms with van der Waals surface area (Å²) < 4.78 is 0. The van der Waals surface area contributed by atoms with Gasteiger partial charge in [0.25, 0.3) is 0 Å². The fraction of sp³-hybridized carbons (Fsp3) is 0.471. The lowest BCUT2D eigenvalue weighted by atomic mass is 9.75. The molecule has 1 aliphatic carbocycles. The second-order valence-electron chi connectivity index (χ2n) is 6.17. The van der Waals surface area contributed by atoms with Gasteiger partial charge in [0, 0.05) is 17.5 Å². The molecule has 106 valence electrons. The van der Waals surface area contributed by atoms with Crippen molar-refractivity contribution in [1.29, 1.82) is 0 Å². The fourth-order valence-electron chi connectivity index (χ4n) is 3.02. The highest BCUT2D eigenvalue weighted by Crippen LogP contribution is 2.36. The van der Waals surface area contributed by atoms with E-state index in [0.29, 0.717) is 5.54 Å². The Morgan fingerprint density at radius 3 is 2.65 bits per heavy atom. The molecule has 1 heterocycles. The van der Waals surface area contributed by atoms with Crippen LogP contribution in [0.4, 0.5) is 5.82 Å². The predicted octanol–water partition coefficient (Wildman–Crippen LogP) is 3.44. The summed E-state index contributed by atoms with van der Waals surface area (Å²) in [6.07, 6.45) is 3.89. The maximum atomic E-state index is 4.77. The topological polar surface area (TPSA) is 28.2 Å². The van der Waals surface area contributed by atoms with E-state index in [2.05, 4.69) is 55.5 Å². The predicted molar refractivity (Wildman–Crippen MR) is 85.2 cm³/mol. The summed E-state index contributed by atoms with van der Waals surface area (Å²) in [6.45, 7) is 3.11. The summed E-state index contributed by atoms with van der Waals surface area (Å²) in [5.41, 5.74) is 2.60. The van der Waals surface area contributed by atoms with E-state index in [9.17, 15) is 0 Å². The highest BCUT2D eigenvalue weighted by atomic mass is 15.2. The number of fused-ring (bicyclic) bond motifs is 1. The van der Waals surface area contributed by atoms with E-state index in [4.69, 9.17) is 4.98 Å². The molecule has 0 saturated heterocycles. The highest BCUT2D eigenvalue weighted by molar-refractivity contribution is 5.81. The van der Waals surface area contributed by atoms with Crippen molar-refractivity contribution in [3.8, 4) is 0 Å². The first-order chi connectivity index (χ1) is 9.61. The molecule has 1 saturated carbocycles. The molecule has 0 aliphatic heterocycles. The summed E-state index contributed by atoms with van der Waals surface area (Å²) in [7, 11) is 4.36. The van der Waals surface area contributed by atoms with Crippen molar-refractivity contribution >= 4 is 16.7 Å². The smallest absolute Gasteiger partial charge is 0.129 e. The maximum absolute atomic E-state index is 4.77. The van der Waals surface area contributed by atoms with Crippen molar-refractivity contribution in [1.82, 2.24) is 9.88 Å². The number of likely N-dealkylation sites (N-methyl/N-ethyl adjacent to an activating group) is 1. The van der Waals surface area contributed by atoms with Gasteiger partial charge in [0.2, 0.25) is 0 Å². The summed E-state index contributed by atoms with van der Waals surface area (Å²) in [4.78, 5) is 7.13. The monoisotopic (exact) mass is 269 g/mol. The van der Waals surface area contributed by atoms with E-state index in [1.165, 1.54) is 30.2 Å². The quantitative estimate of drug-likeness (QED) is 0.921. The summed E-state index contributed by atoms with van der Waals surface area (Å²) in [5, 5.41) is 4.79. The van der Waals surface area contributed by atoms with Gasteiger partial charge in [-0.1, -0.05) is 18.2 Å². The van der Waals surface area contributed by atoms with Crippen LogP contribution in [0.3, 0.4) is 0 Å². The van der Waals surface area contributed by atoms with E-state index in [-0.39, 0.29) is 0 Å². The van der Waals surface area contributed by atoms with Crippen LogP contribution in [0.2, 0.25) is 0 Å². The minimum atomic E-state index is 0.319. The highest BCUT2D eigenvalue weighted by Gasteiger charge is 2.38. The number of aryl methyl sites for hydroxylation is 1. The van der Waals surface area contributed by atoms with Crippen LogP contribution < -0.4 is 5.32 Å². The molecule has 1 N–H and O–H groups in total. The van der Waals surface area contributed by atoms with Crippen molar-refractivity contribution in [3.63, 3.8) is 0 Å². The molecule has 0 radical (unpaired) electrons. The standard InChI is InChI=1S/C17H23N3/c1-13-11-14-7-4-5-8-15(14)19-16(13)18-12-17(20(2)3)9-6-10-17/h4-5,7-8,11H,6,9-10,12H2,1-3H3,(H,18,19). The molecule has 3 rings (SSSR count). The van der Waals surface area contributed by atoms with Crippen LogP contribution in [0.5, 0.6) is 0 Å². The number of rotatable bonds is 4. The zero-order valence-corrected chi connectivity index (χ0v) is 12.6. The Bertz CT molecular complexity index is 615. The third kappa shape index (κ3) is 2.27. The number of pyridine rings is 1. The molecule has 1 fully saturated rings. The lowest BCUT2D eigenvalue weighted by Crippen LogP contribution is -2.54. The summed E-state index contributed by atoms with van der Waals surface area (Å²) in [5.74, 6) is 1.02. The number of para-hydroxylation sites is 1. The number of hydrogen-bond acceptors (Lipinski definition) is 3. The first kappa shape index (κ1) is 13.4. The van der Waals surface area contributed by atoms with Gasteiger partial charge in [-0.15, -0.1) is 0 Å². The van der Waals surface area contributed by atoms with Crippen LogP contribution in [0, 0.1) is 6.92 Å². The number of nitrogens with one attached hydrogen (secondary N) is 1. The largest absolute Gasteiger partial charge is 0.368 e. The average molecular weight is 269 g/mol. The van der Waals surface area contributed by atoms with Crippen LogP contribution in [0.25, 0.3) is 10.9 Å². The van der Waals surface area contributed by atoms with Crippen molar-refractivity contribution in [2.45, 2.75) is 31.7 Å². The number of anilines is 1. The lowest BCUT2D eigenvalue weighted by molar-refractivity contribution is 0.0738. The van der Waals surface area contributed by atoms with Crippen LogP contribution in [0.1, 0.15) is 24.8 Å². The zero-order chi connectivity index (χ0) is 14.2. The van der Waals surface area contributed by atoms with Crippen molar-refractivity contribution in [2.24, 2.45) is 0 Å². The molecule has 2 aromatic rings. The Labute approximate surface area is 121 Å². The Morgan fingerprint density at radius 1 is 1.25 bits per heavy atom. The molecule has 1 aromatic carbocycles. The first-order valence-corrected chi connectivity index (χ1v) is 7.38. The SMILES string of the molecule is Cc1cc2ccccc2nc1NCC1(N(C)C)CCC1. The fourth-order valence-corrected chi connectivity index (χ4v) is 3.02. The molecule has 3 heteroatoms. The lowest BCUT2D eigenvalue weighted by Gasteiger charge is -2.47. The molecular formula is C17H23N3. The molecule has 0 bridgehead atoms. The first-order valence-electron chi connectivity index (χ1n) is 7.38. The zero-order valence-electron chi connectivity index (χ0n) is 12.6. The van der Waals surface area contributed by atoms with Gasteiger partial charge in [0.05, 0.1) is 5.52 Å². The number of aromatic nitrogens is 1. The van der Waals surface area contributed by atoms with Gasteiger partial charge in [0.15, 0.2) is 0 Å². The molecule has 1 aromatic heterocycles. The maximum Gasteiger partial charge on any atom is 0.129 e. The van der Waals surface area contributed by atoms with Gasteiger partial charge in [-0.3, -0.25) is 0 Å². The van der Waals surface area contributed by atoms with Crippen molar-refractivity contribution in [2.75, 3.05) is 26.0 Å². The molecule has 0 atom stereocenters. The third-order valence-corrected chi connectivity index (χ3v) is 4.73. The minimum Gasteiger partial charge on any atom is -0.368 e. The van der Waals surface area contributed by atoms with Crippen molar-refractivity contribution < 1.29 is 0 Å². The van der Waals surface area contributed by atoms with E-state index >= 15 is 0 Å². The van der Waals surface area contributed by atoms with Gasteiger partial charge < -0.3 is 10.2 Å². The molecule has 1 aliphatic rings. The molecule has 0 spiro atoms. The number of benzene rings is 1. The second-order valence-corrected chi connectivity index (χ2v) is 6.17. The van der Waals surface area contributed by atoms with Crippen LogP contribution >= 0.6 is 0 Å². The van der Waals surface area contributed by atoms with Gasteiger partial charge in [-0.25, -0.2) is 4.98 Å². The van der Waals surface area contributed by atoms with Gasteiger partial charge in [-0.2, -0.15) is 0 Å². The normalized spacial score (nSPS) is 17.2. The van der Waals surface area contributed by atoms with E-state index in [1.54, 1.807) is 0 Å². The van der Waals surface area contributed by atoms with Gasteiger partial charge in [-0.05, 0) is 58.0 Å². The van der Waals surface area contributed by atoms with Gasteiger partial charge >= 0.3 is 0 Å². The third-order valence-electron chi connectivity index (χ3n) is 4.73. The Morgan fingerprint density at radius 2 is 2.00 bits per heavy atom. The summed E-state index contributed by atoms with van der Waals surface area (Å²) >= 11 is 0. The molecule has 0 amide bonds. The molecule has 3 nitrogen and oxygen atoms in total. The molecule has 20 heavy (non-hydrogen) atoms. The van der Waals surface area contributed by atoms with E-state index < -0.39 is 0 Å². The second kappa shape index (κ2) is 5.06. The Balaban J connectivity index is 1.82. The number of hydrogen-bond donors (Lipinski definition) is 1. The van der Waals surface area contributed by atoms with Crippen LogP contribution in [0.15, 0.2) is 30.3 Å². The van der Waals surface area contributed by atoms with Gasteiger partial charge in [0.1, 0.15) is 5.82 Å². The molecule has 0 unspecified atom stereocenters. The van der Waals surface area contributed by atoms with Crippen LogP contribution in [-0.4, -0.2) is 36.1 Å². The average Bonchev–Trinajstić information content (AvgIpc) is 2.37. The van der Waals surface area contributed by atoms with Crippen LogP contribution in [-0.2, 0) is 0 Å². The number of nitrogens with zero attached hydrogens (tertiary/aromatic N) is 2. The van der Waals surface area contributed by atoms with E-state index in [1.807, 2.05) is 6.07 Å². The van der Waals surface area contributed by atoms with E-state index in [0.717, 1.165) is 17.9 Å². The Hall–Kier alpha value is -1.61. The molecular weight excluding hydrogens is 246 g/mol. The van der Waals surface area contributed by atoms with Crippen molar-refractivity contribution in [3.05, 3.63) is 35.9 Å².